The average Bonchev–Trinajstić information content (AvgIpc) is 3.15. The molecule has 0 bridgehead atoms. The molecule has 1 aliphatic rings. The third kappa shape index (κ3) is 2.54. The van der Waals surface area contributed by atoms with E-state index in [2.05, 4.69) is 0 Å². The monoisotopic (exact) mass is 285 g/mol. The molecule has 1 aromatic heterocycles. The third-order valence-corrected chi connectivity index (χ3v) is 3.51. The Morgan fingerprint density at radius 2 is 2.05 bits per heavy atom. The second kappa shape index (κ2) is 5.44. The summed E-state index contributed by atoms with van der Waals surface area (Å²) in [6.07, 6.45) is 1.36. The van der Waals surface area contributed by atoms with E-state index in [1.807, 2.05) is 24.3 Å². The molecule has 108 valence electrons. The minimum atomic E-state index is -0.853. The fourth-order valence-electron chi connectivity index (χ4n) is 2.45. The number of benzene rings is 1. The van der Waals surface area contributed by atoms with Crippen molar-refractivity contribution in [2.24, 2.45) is 0 Å². The summed E-state index contributed by atoms with van der Waals surface area (Å²) >= 11 is 0. The quantitative estimate of drug-likeness (QED) is 0.813. The van der Waals surface area contributed by atoms with E-state index in [4.69, 9.17) is 9.15 Å². The number of nitrogens with zero attached hydrogens (tertiary/aromatic N) is 1. The first-order chi connectivity index (χ1) is 10.2. The zero-order valence-electron chi connectivity index (χ0n) is 11.6. The van der Waals surface area contributed by atoms with Crippen LogP contribution in [-0.4, -0.2) is 24.5 Å². The summed E-state index contributed by atoms with van der Waals surface area (Å²) in [5.74, 6) is -0.760. The minimum absolute atomic E-state index is 0.0940. The van der Waals surface area contributed by atoms with E-state index < -0.39 is 12.1 Å². The van der Waals surface area contributed by atoms with Crippen molar-refractivity contribution in [2.75, 3.05) is 11.4 Å². The normalized spacial score (nSPS) is 14.6. The number of esters is 1. The van der Waals surface area contributed by atoms with Crippen molar-refractivity contribution in [1.82, 2.24) is 0 Å². The van der Waals surface area contributed by atoms with Crippen molar-refractivity contribution in [3.05, 3.63) is 54.0 Å². The summed E-state index contributed by atoms with van der Waals surface area (Å²) < 4.78 is 10.1. The van der Waals surface area contributed by atoms with Crippen LogP contribution >= 0.6 is 0 Å². The predicted octanol–water partition coefficient (Wildman–Crippen LogP) is 2.41. The summed E-state index contributed by atoms with van der Waals surface area (Å²) in [7, 11) is 0. The van der Waals surface area contributed by atoms with Crippen molar-refractivity contribution in [2.45, 2.75) is 19.4 Å². The summed E-state index contributed by atoms with van der Waals surface area (Å²) in [6, 6.07) is 10.9. The Balaban J connectivity index is 1.70. The molecule has 1 aliphatic heterocycles. The molecular weight excluding hydrogens is 270 g/mol. The Kier molecular flexibility index (Phi) is 3.48. The number of para-hydroxylation sites is 1. The van der Waals surface area contributed by atoms with Crippen LogP contribution in [-0.2, 0) is 16.0 Å². The third-order valence-electron chi connectivity index (χ3n) is 3.51. The van der Waals surface area contributed by atoms with Gasteiger partial charge in [0.15, 0.2) is 6.10 Å². The number of carbonyl (C=O) groups is 2. The van der Waals surface area contributed by atoms with Crippen LogP contribution in [0, 0.1) is 0 Å². The largest absolute Gasteiger partial charge is 0.457 e. The van der Waals surface area contributed by atoms with Crippen LogP contribution in [0.15, 0.2) is 47.1 Å². The van der Waals surface area contributed by atoms with Crippen molar-refractivity contribution in [1.29, 1.82) is 0 Å². The highest BCUT2D eigenvalue weighted by molar-refractivity contribution is 5.99. The van der Waals surface area contributed by atoms with E-state index in [1.165, 1.54) is 12.3 Å². The molecule has 0 fully saturated rings. The Bertz CT molecular complexity index is 663. The molecule has 1 aromatic carbocycles. The molecule has 5 nitrogen and oxygen atoms in total. The van der Waals surface area contributed by atoms with Crippen LogP contribution in [0.4, 0.5) is 5.69 Å². The number of anilines is 1. The Labute approximate surface area is 122 Å². The van der Waals surface area contributed by atoms with Crippen molar-refractivity contribution >= 4 is 17.6 Å². The van der Waals surface area contributed by atoms with Gasteiger partial charge in [-0.25, -0.2) is 4.79 Å². The predicted molar refractivity (Wildman–Crippen MR) is 76.1 cm³/mol. The Morgan fingerprint density at radius 3 is 2.81 bits per heavy atom. The van der Waals surface area contributed by atoms with E-state index in [-0.39, 0.29) is 11.7 Å². The maximum atomic E-state index is 12.4. The summed E-state index contributed by atoms with van der Waals surface area (Å²) in [6.45, 7) is 2.19. The van der Waals surface area contributed by atoms with E-state index in [0.29, 0.717) is 6.54 Å². The van der Waals surface area contributed by atoms with Gasteiger partial charge < -0.3 is 14.1 Å². The Morgan fingerprint density at radius 1 is 1.24 bits per heavy atom. The highest BCUT2D eigenvalue weighted by atomic mass is 16.6. The van der Waals surface area contributed by atoms with Crippen molar-refractivity contribution in [3.63, 3.8) is 0 Å². The van der Waals surface area contributed by atoms with E-state index >= 15 is 0 Å². The molecule has 21 heavy (non-hydrogen) atoms. The zero-order chi connectivity index (χ0) is 14.8. The summed E-state index contributed by atoms with van der Waals surface area (Å²) in [5, 5.41) is 0. The molecule has 0 saturated carbocycles. The fourth-order valence-corrected chi connectivity index (χ4v) is 2.45. The van der Waals surface area contributed by atoms with Gasteiger partial charge in [0.2, 0.25) is 5.76 Å². The molecule has 1 amide bonds. The molecule has 0 radical (unpaired) electrons. The van der Waals surface area contributed by atoms with Gasteiger partial charge in [-0.15, -0.1) is 0 Å². The second-order valence-corrected chi connectivity index (χ2v) is 4.89. The topological polar surface area (TPSA) is 59.8 Å². The van der Waals surface area contributed by atoms with Crippen molar-refractivity contribution < 1.29 is 18.7 Å². The van der Waals surface area contributed by atoms with E-state index in [0.717, 1.165) is 17.7 Å². The first-order valence-electron chi connectivity index (χ1n) is 6.80. The lowest BCUT2D eigenvalue weighted by molar-refractivity contribution is -0.126. The second-order valence-electron chi connectivity index (χ2n) is 4.89. The van der Waals surface area contributed by atoms with Crippen LogP contribution in [0.2, 0.25) is 0 Å². The number of hydrogen-bond donors (Lipinski definition) is 0. The highest BCUT2D eigenvalue weighted by Gasteiger charge is 2.30. The SMILES string of the molecule is C[C@H](OC(=O)c1ccco1)C(=O)N1CCc2ccccc21. The number of carbonyl (C=O) groups excluding carboxylic acids is 2. The van der Waals surface area contributed by atoms with Gasteiger partial charge in [0.05, 0.1) is 6.26 Å². The smallest absolute Gasteiger partial charge is 0.374 e. The molecule has 2 heterocycles. The van der Waals surface area contributed by atoms with Gasteiger partial charge in [0.1, 0.15) is 0 Å². The van der Waals surface area contributed by atoms with Gasteiger partial charge in [0, 0.05) is 12.2 Å². The van der Waals surface area contributed by atoms with Gasteiger partial charge in [-0.3, -0.25) is 4.79 Å². The van der Waals surface area contributed by atoms with E-state index in [1.54, 1.807) is 17.9 Å². The van der Waals surface area contributed by atoms with Crippen molar-refractivity contribution in [3.8, 4) is 0 Å². The zero-order valence-corrected chi connectivity index (χ0v) is 11.6. The Hall–Kier alpha value is -2.56. The molecule has 3 rings (SSSR count). The molecule has 1 atom stereocenters. The van der Waals surface area contributed by atoms with Crippen LogP contribution in [0.1, 0.15) is 23.0 Å². The van der Waals surface area contributed by atoms with Crippen LogP contribution in [0.3, 0.4) is 0 Å². The lowest BCUT2D eigenvalue weighted by Crippen LogP contribution is -2.39. The first-order valence-corrected chi connectivity index (χ1v) is 6.80. The molecule has 0 spiro atoms. The summed E-state index contributed by atoms with van der Waals surface area (Å²) in [4.78, 5) is 25.9. The highest BCUT2D eigenvalue weighted by Crippen LogP contribution is 2.28. The van der Waals surface area contributed by atoms with Gasteiger partial charge in [-0.2, -0.15) is 0 Å². The molecular formula is C16H15NO4. The average molecular weight is 285 g/mol. The lowest BCUT2D eigenvalue weighted by Gasteiger charge is -2.21. The molecule has 5 heteroatoms. The minimum Gasteiger partial charge on any atom is -0.457 e. The first kappa shape index (κ1) is 13.4. The standard InChI is InChI=1S/C16H15NO4/c1-11(21-16(19)14-7-4-10-20-14)15(18)17-9-8-12-5-2-3-6-13(12)17/h2-7,10-11H,8-9H2,1H3/t11-/m0/s1. The maximum absolute atomic E-state index is 12.4. The van der Waals surface area contributed by atoms with Crippen LogP contribution in [0.25, 0.3) is 0 Å². The van der Waals surface area contributed by atoms with Crippen LogP contribution < -0.4 is 4.90 Å². The van der Waals surface area contributed by atoms with Gasteiger partial charge in [0.25, 0.3) is 5.91 Å². The summed E-state index contributed by atoms with van der Waals surface area (Å²) in [5.41, 5.74) is 2.03. The van der Waals surface area contributed by atoms with Gasteiger partial charge in [-0.05, 0) is 37.1 Å². The number of hydrogen-bond acceptors (Lipinski definition) is 4. The lowest BCUT2D eigenvalue weighted by atomic mass is 10.2. The fraction of sp³-hybridized carbons (Fsp3) is 0.250. The number of fused-ring (bicyclic) bond motifs is 1. The number of rotatable bonds is 3. The molecule has 0 unspecified atom stereocenters. The maximum Gasteiger partial charge on any atom is 0.374 e. The molecule has 2 aromatic rings. The van der Waals surface area contributed by atoms with Crippen LogP contribution in [0.5, 0.6) is 0 Å². The molecule has 0 saturated heterocycles. The number of amides is 1. The molecule has 0 N–H and O–H groups in total. The molecule has 0 aliphatic carbocycles. The number of furan rings is 1. The van der Waals surface area contributed by atoms with Gasteiger partial charge in [-0.1, -0.05) is 18.2 Å². The van der Waals surface area contributed by atoms with E-state index in [9.17, 15) is 9.59 Å². The van der Waals surface area contributed by atoms with Gasteiger partial charge >= 0.3 is 5.97 Å². The number of ether oxygens (including phenoxy) is 1.